The summed E-state index contributed by atoms with van der Waals surface area (Å²) in [6.45, 7) is 4.83. The van der Waals surface area contributed by atoms with Crippen molar-refractivity contribution in [3.05, 3.63) is 102 Å². The molecule has 2 heterocycles. The lowest BCUT2D eigenvalue weighted by molar-refractivity contribution is -0.126. The number of hydrogen-bond acceptors (Lipinski definition) is 4. The molecule has 1 aliphatic heterocycles. The first-order valence-electron chi connectivity index (χ1n) is 12.0. The average Bonchev–Trinajstić information content (AvgIpc) is 3.33. The number of ether oxygens (including phenoxy) is 1. The van der Waals surface area contributed by atoms with Gasteiger partial charge in [0, 0.05) is 17.8 Å². The molecule has 1 aromatic heterocycles. The molecule has 0 saturated carbocycles. The fraction of sp³-hybridized carbons (Fsp3) is 0.207. The predicted octanol–water partition coefficient (Wildman–Crippen LogP) is 4.68. The second kappa shape index (κ2) is 9.70. The highest BCUT2D eigenvalue weighted by Crippen LogP contribution is 2.35. The van der Waals surface area contributed by atoms with Crippen molar-refractivity contribution in [3.63, 3.8) is 0 Å². The number of benzene rings is 3. The van der Waals surface area contributed by atoms with Gasteiger partial charge in [0.05, 0.1) is 18.8 Å². The highest BCUT2D eigenvalue weighted by Gasteiger charge is 2.48. The van der Waals surface area contributed by atoms with E-state index in [1.807, 2.05) is 91.9 Å². The van der Waals surface area contributed by atoms with E-state index in [-0.39, 0.29) is 18.4 Å². The molecule has 3 aromatic carbocycles. The van der Waals surface area contributed by atoms with Gasteiger partial charge in [-0.2, -0.15) is 5.10 Å². The molecule has 7 heteroatoms. The van der Waals surface area contributed by atoms with E-state index in [0.29, 0.717) is 36.0 Å². The first-order valence-corrected chi connectivity index (χ1v) is 12.0. The summed E-state index contributed by atoms with van der Waals surface area (Å²) in [4.78, 5) is 29.2. The molecule has 0 unspecified atom stereocenters. The van der Waals surface area contributed by atoms with Crippen molar-refractivity contribution in [3.8, 4) is 17.0 Å². The molecule has 0 spiro atoms. The number of hydrogen-bond donors (Lipinski definition) is 1. The van der Waals surface area contributed by atoms with Crippen molar-refractivity contribution >= 4 is 17.5 Å². The molecule has 0 aliphatic carbocycles. The van der Waals surface area contributed by atoms with E-state index < -0.39 is 5.54 Å². The van der Waals surface area contributed by atoms with Crippen LogP contribution in [-0.2, 0) is 17.9 Å². The summed E-state index contributed by atoms with van der Waals surface area (Å²) in [5, 5.41) is 7.74. The number of amides is 2. The predicted molar refractivity (Wildman–Crippen MR) is 139 cm³/mol. The Bertz CT molecular complexity index is 1370. The van der Waals surface area contributed by atoms with Crippen LogP contribution in [0.3, 0.4) is 0 Å². The van der Waals surface area contributed by atoms with Crippen LogP contribution in [0.1, 0.15) is 29.9 Å². The molecule has 2 amide bonds. The molecule has 1 atom stereocenters. The number of nitrogens with one attached hydrogen (secondary N) is 1. The second-order valence-corrected chi connectivity index (χ2v) is 8.95. The lowest BCUT2D eigenvalue weighted by Crippen LogP contribution is -2.64. The van der Waals surface area contributed by atoms with E-state index >= 15 is 0 Å². The molecular weight excluding hydrogens is 452 g/mol. The van der Waals surface area contributed by atoms with E-state index in [4.69, 9.17) is 9.84 Å². The molecule has 7 nitrogen and oxygen atoms in total. The Morgan fingerprint density at radius 3 is 2.33 bits per heavy atom. The first-order chi connectivity index (χ1) is 17.5. The van der Waals surface area contributed by atoms with Crippen LogP contribution < -0.4 is 15.0 Å². The van der Waals surface area contributed by atoms with Gasteiger partial charge in [-0.15, -0.1) is 0 Å². The Balaban J connectivity index is 1.53. The first kappa shape index (κ1) is 23.4. The third-order valence-corrected chi connectivity index (χ3v) is 6.41. The minimum Gasteiger partial charge on any atom is -0.494 e. The van der Waals surface area contributed by atoms with Crippen LogP contribution in [0, 0.1) is 0 Å². The van der Waals surface area contributed by atoms with Crippen molar-refractivity contribution in [2.24, 2.45) is 0 Å². The standard InChI is InChI=1S/C29H28N4O3/c1-3-36-24-16-14-23(15-17-24)33-27(34)26-18-25(22-12-8-5-9-13-22)31-32(26)20-29(33,2)28(35)30-19-21-10-6-4-7-11-21/h4-18H,3,19-20H2,1-2H3,(H,30,35)/t29-/m1/s1. The van der Waals surface area contributed by atoms with Gasteiger partial charge >= 0.3 is 0 Å². The fourth-order valence-corrected chi connectivity index (χ4v) is 4.56. The van der Waals surface area contributed by atoms with Crippen LogP contribution in [0.4, 0.5) is 5.69 Å². The third-order valence-electron chi connectivity index (χ3n) is 6.41. The smallest absolute Gasteiger partial charge is 0.277 e. The minimum absolute atomic E-state index is 0.217. The van der Waals surface area contributed by atoms with Crippen LogP contribution >= 0.6 is 0 Å². The van der Waals surface area contributed by atoms with E-state index in [1.165, 1.54) is 0 Å². The fourth-order valence-electron chi connectivity index (χ4n) is 4.56. The molecule has 182 valence electrons. The maximum Gasteiger partial charge on any atom is 0.277 e. The zero-order chi connectivity index (χ0) is 25.1. The number of carbonyl (C=O) groups excluding carboxylic acids is 2. The van der Waals surface area contributed by atoms with Gasteiger partial charge in [0.25, 0.3) is 5.91 Å². The van der Waals surface area contributed by atoms with Crippen molar-refractivity contribution in [1.29, 1.82) is 0 Å². The largest absolute Gasteiger partial charge is 0.494 e. The Hall–Kier alpha value is -4.39. The van der Waals surface area contributed by atoms with E-state index in [0.717, 1.165) is 11.1 Å². The SMILES string of the molecule is CCOc1ccc(N2C(=O)c3cc(-c4ccccc4)nn3C[C@]2(C)C(=O)NCc2ccccc2)cc1. The monoisotopic (exact) mass is 480 g/mol. The van der Waals surface area contributed by atoms with Crippen LogP contribution in [0.2, 0.25) is 0 Å². The number of aromatic nitrogens is 2. The Labute approximate surface area is 210 Å². The molecule has 0 saturated heterocycles. The van der Waals surface area contributed by atoms with Crippen LogP contribution in [-0.4, -0.2) is 33.7 Å². The van der Waals surface area contributed by atoms with Gasteiger partial charge in [-0.3, -0.25) is 19.2 Å². The van der Waals surface area contributed by atoms with Crippen molar-refractivity contribution in [2.75, 3.05) is 11.5 Å². The zero-order valence-electron chi connectivity index (χ0n) is 20.3. The Morgan fingerprint density at radius 2 is 1.67 bits per heavy atom. The van der Waals surface area contributed by atoms with E-state index in [2.05, 4.69) is 5.32 Å². The van der Waals surface area contributed by atoms with Crippen molar-refractivity contribution < 1.29 is 14.3 Å². The maximum absolute atomic E-state index is 13.9. The molecule has 4 aromatic rings. The molecule has 1 aliphatic rings. The quantitative estimate of drug-likeness (QED) is 0.417. The summed E-state index contributed by atoms with van der Waals surface area (Å²) in [6, 6.07) is 28.5. The molecule has 1 N–H and O–H groups in total. The topological polar surface area (TPSA) is 76.5 Å². The highest BCUT2D eigenvalue weighted by atomic mass is 16.5. The van der Waals surface area contributed by atoms with Crippen molar-refractivity contribution in [2.45, 2.75) is 32.5 Å². The number of carbonyl (C=O) groups is 2. The molecule has 0 bridgehead atoms. The van der Waals surface area contributed by atoms with Gasteiger partial charge in [0.2, 0.25) is 5.91 Å². The van der Waals surface area contributed by atoms with Gasteiger partial charge < -0.3 is 10.1 Å². The summed E-state index contributed by atoms with van der Waals surface area (Å²) < 4.78 is 7.22. The number of anilines is 1. The average molecular weight is 481 g/mol. The third kappa shape index (κ3) is 4.35. The van der Waals surface area contributed by atoms with Gasteiger partial charge in [0.15, 0.2) is 0 Å². The second-order valence-electron chi connectivity index (χ2n) is 8.95. The summed E-state index contributed by atoms with van der Waals surface area (Å²) in [7, 11) is 0. The number of nitrogens with zero attached hydrogens (tertiary/aromatic N) is 3. The molecule has 0 fully saturated rings. The lowest BCUT2D eigenvalue weighted by atomic mass is 9.93. The van der Waals surface area contributed by atoms with Crippen LogP contribution in [0.5, 0.6) is 5.75 Å². The van der Waals surface area contributed by atoms with Gasteiger partial charge in [-0.1, -0.05) is 60.7 Å². The van der Waals surface area contributed by atoms with Gasteiger partial charge in [0.1, 0.15) is 17.0 Å². The number of rotatable bonds is 7. The van der Waals surface area contributed by atoms with E-state index in [9.17, 15) is 9.59 Å². The summed E-state index contributed by atoms with van der Waals surface area (Å²) in [5.41, 5.74) is 2.45. The van der Waals surface area contributed by atoms with Crippen LogP contribution in [0.25, 0.3) is 11.3 Å². The van der Waals surface area contributed by atoms with Crippen molar-refractivity contribution in [1.82, 2.24) is 15.1 Å². The van der Waals surface area contributed by atoms with Gasteiger partial charge in [-0.05, 0) is 49.7 Å². The Morgan fingerprint density at radius 1 is 1.00 bits per heavy atom. The minimum atomic E-state index is -1.20. The Kier molecular flexibility index (Phi) is 6.29. The summed E-state index contributed by atoms with van der Waals surface area (Å²) >= 11 is 0. The molecule has 5 rings (SSSR count). The van der Waals surface area contributed by atoms with E-state index in [1.54, 1.807) is 22.6 Å². The van der Waals surface area contributed by atoms with Gasteiger partial charge in [-0.25, -0.2) is 0 Å². The maximum atomic E-state index is 13.9. The summed E-state index contributed by atoms with van der Waals surface area (Å²) in [6.07, 6.45) is 0. The highest BCUT2D eigenvalue weighted by molar-refractivity contribution is 6.12. The zero-order valence-corrected chi connectivity index (χ0v) is 20.3. The van der Waals surface area contributed by atoms with Crippen LogP contribution in [0.15, 0.2) is 91.0 Å². The lowest BCUT2D eigenvalue weighted by Gasteiger charge is -2.43. The molecular formula is C29H28N4O3. The molecule has 0 radical (unpaired) electrons. The molecule has 36 heavy (non-hydrogen) atoms. The normalized spacial score (nSPS) is 16.9. The summed E-state index contributed by atoms with van der Waals surface area (Å²) in [5.74, 6) is 0.172. The number of fused-ring (bicyclic) bond motifs is 1.